The molecule has 0 bridgehead atoms. The van der Waals surface area contributed by atoms with Gasteiger partial charge in [0.05, 0.1) is 0 Å². The van der Waals surface area contributed by atoms with E-state index in [0.29, 0.717) is 24.4 Å². The van der Waals surface area contributed by atoms with Gasteiger partial charge in [0, 0.05) is 24.7 Å². The third-order valence-corrected chi connectivity index (χ3v) is 3.77. The SMILES string of the molecule is C#CCOc1cccc(NC(=O)C(C(C)C)N2CCCC2=O)c1. The summed E-state index contributed by atoms with van der Waals surface area (Å²) in [6.07, 6.45) is 6.50. The molecule has 122 valence electrons. The Morgan fingerprint density at radius 1 is 1.48 bits per heavy atom. The molecule has 0 aliphatic carbocycles. The van der Waals surface area contributed by atoms with Gasteiger partial charge in [0.1, 0.15) is 18.4 Å². The van der Waals surface area contributed by atoms with Gasteiger partial charge in [-0.15, -0.1) is 6.42 Å². The lowest BCUT2D eigenvalue weighted by molar-refractivity contribution is -0.136. The van der Waals surface area contributed by atoms with E-state index in [1.54, 1.807) is 29.2 Å². The molecule has 1 aliphatic rings. The monoisotopic (exact) mass is 314 g/mol. The summed E-state index contributed by atoms with van der Waals surface area (Å²) in [6.45, 7) is 4.71. The molecule has 0 radical (unpaired) electrons. The summed E-state index contributed by atoms with van der Waals surface area (Å²) in [5.74, 6) is 2.90. The molecule has 1 fully saturated rings. The van der Waals surface area contributed by atoms with Crippen LogP contribution >= 0.6 is 0 Å². The first-order valence-electron chi connectivity index (χ1n) is 7.79. The number of anilines is 1. The average molecular weight is 314 g/mol. The number of hydrogen-bond acceptors (Lipinski definition) is 3. The lowest BCUT2D eigenvalue weighted by Gasteiger charge is -2.29. The van der Waals surface area contributed by atoms with Crippen LogP contribution in [0.2, 0.25) is 0 Å². The molecule has 0 aromatic heterocycles. The number of carbonyl (C=O) groups is 2. The van der Waals surface area contributed by atoms with Crippen LogP contribution in [0.3, 0.4) is 0 Å². The number of nitrogens with one attached hydrogen (secondary N) is 1. The van der Waals surface area contributed by atoms with Crippen molar-refractivity contribution in [2.45, 2.75) is 32.7 Å². The van der Waals surface area contributed by atoms with E-state index in [-0.39, 0.29) is 24.3 Å². The van der Waals surface area contributed by atoms with Gasteiger partial charge in [0.15, 0.2) is 0 Å². The summed E-state index contributed by atoms with van der Waals surface area (Å²) >= 11 is 0. The Morgan fingerprint density at radius 2 is 2.26 bits per heavy atom. The summed E-state index contributed by atoms with van der Waals surface area (Å²) in [5, 5.41) is 2.87. The van der Waals surface area contributed by atoms with Crippen LogP contribution in [0.5, 0.6) is 5.75 Å². The minimum Gasteiger partial charge on any atom is -0.481 e. The van der Waals surface area contributed by atoms with Crippen LogP contribution in [-0.4, -0.2) is 35.9 Å². The second kappa shape index (κ2) is 7.68. The molecule has 1 atom stereocenters. The van der Waals surface area contributed by atoms with E-state index >= 15 is 0 Å². The molecular formula is C18H22N2O3. The highest BCUT2D eigenvalue weighted by Gasteiger charge is 2.34. The third kappa shape index (κ3) is 4.26. The van der Waals surface area contributed by atoms with Crippen LogP contribution in [-0.2, 0) is 9.59 Å². The first-order valence-corrected chi connectivity index (χ1v) is 7.79. The molecule has 1 aromatic rings. The van der Waals surface area contributed by atoms with Gasteiger partial charge in [-0.05, 0) is 24.5 Å². The number of ether oxygens (including phenoxy) is 1. The minimum absolute atomic E-state index is 0.0397. The van der Waals surface area contributed by atoms with Gasteiger partial charge in [0.2, 0.25) is 11.8 Å². The summed E-state index contributed by atoms with van der Waals surface area (Å²) in [7, 11) is 0. The fourth-order valence-electron chi connectivity index (χ4n) is 2.77. The highest BCUT2D eigenvalue weighted by atomic mass is 16.5. The highest BCUT2D eigenvalue weighted by molar-refractivity contribution is 5.97. The van der Waals surface area contributed by atoms with Crippen molar-refractivity contribution in [3.8, 4) is 18.1 Å². The normalized spacial score (nSPS) is 15.4. The van der Waals surface area contributed by atoms with Crippen molar-refractivity contribution in [3.05, 3.63) is 24.3 Å². The van der Waals surface area contributed by atoms with Crippen molar-refractivity contribution in [3.63, 3.8) is 0 Å². The van der Waals surface area contributed by atoms with E-state index in [4.69, 9.17) is 11.2 Å². The van der Waals surface area contributed by atoms with Gasteiger partial charge in [-0.3, -0.25) is 9.59 Å². The number of terminal acetylenes is 1. The van der Waals surface area contributed by atoms with Crippen molar-refractivity contribution in [1.29, 1.82) is 0 Å². The molecule has 5 heteroatoms. The highest BCUT2D eigenvalue weighted by Crippen LogP contribution is 2.22. The van der Waals surface area contributed by atoms with E-state index < -0.39 is 6.04 Å². The Kier molecular flexibility index (Phi) is 5.64. The predicted molar refractivity (Wildman–Crippen MR) is 89.0 cm³/mol. The summed E-state index contributed by atoms with van der Waals surface area (Å²) in [4.78, 5) is 26.3. The van der Waals surface area contributed by atoms with Crippen molar-refractivity contribution in [2.24, 2.45) is 5.92 Å². The maximum Gasteiger partial charge on any atom is 0.247 e. The van der Waals surface area contributed by atoms with Crippen LogP contribution < -0.4 is 10.1 Å². The molecule has 2 rings (SSSR count). The number of nitrogens with zero attached hydrogens (tertiary/aromatic N) is 1. The Morgan fingerprint density at radius 3 is 2.87 bits per heavy atom. The molecular weight excluding hydrogens is 292 g/mol. The lowest BCUT2D eigenvalue weighted by Crippen LogP contribution is -2.47. The van der Waals surface area contributed by atoms with Gasteiger partial charge in [-0.25, -0.2) is 0 Å². The zero-order chi connectivity index (χ0) is 16.8. The molecule has 1 N–H and O–H groups in total. The van der Waals surface area contributed by atoms with E-state index in [9.17, 15) is 9.59 Å². The Hall–Kier alpha value is -2.48. The van der Waals surface area contributed by atoms with Crippen LogP contribution in [0.1, 0.15) is 26.7 Å². The maximum atomic E-state index is 12.6. The zero-order valence-electron chi connectivity index (χ0n) is 13.5. The number of benzene rings is 1. The zero-order valence-corrected chi connectivity index (χ0v) is 13.5. The smallest absolute Gasteiger partial charge is 0.247 e. The van der Waals surface area contributed by atoms with Gasteiger partial charge >= 0.3 is 0 Å². The van der Waals surface area contributed by atoms with Gasteiger partial charge in [-0.2, -0.15) is 0 Å². The lowest BCUT2D eigenvalue weighted by atomic mass is 10.0. The van der Waals surface area contributed by atoms with Crippen LogP contribution in [0, 0.1) is 18.3 Å². The van der Waals surface area contributed by atoms with Gasteiger partial charge < -0.3 is 15.0 Å². The molecule has 2 amide bonds. The minimum atomic E-state index is -0.458. The topological polar surface area (TPSA) is 58.6 Å². The van der Waals surface area contributed by atoms with Crippen LogP contribution in [0.25, 0.3) is 0 Å². The Bertz CT molecular complexity index is 619. The van der Waals surface area contributed by atoms with E-state index in [0.717, 1.165) is 6.42 Å². The molecule has 1 unspecified atom stereocenters. The number of rotatable bonds is 6. The largest absolute Gasteiger partial charge is 0.481 e. The fraction of sp³-hybridized carbons (Fsp3) is 0.444. The first-order chi connectivity index (χ1) is 11.0. The Labute approximate surface area is 137 Å². The molecule has 0 spiro atoms. The molecule has 1 aromatic carbocycles. The molecule has 23 heavy (non-hydrogen) atoms. The van der Waals surface area contributed by atoms with Crippen molar-refractivity contribution in [2.75, 3.05) is 18.5 Å². The third-order valence-electron chi connectivity index (χ3n) is 3.77. The number of carbonyl (C=O) groups excluding carboxylic acids is 2. The summed E-state index contributed by atoms with van der Waals surface area (Å²) < 4.78 is 5.35. The summed E-state index contributed by atoms with van der Waals surface area (Å²) in [6, 6.07) is 6.60. The Balaban J connectivity index is 2.09. The van der Waals surface area contributed by atoms with E-state index in [1.807, 2.05) is 13.8 Å². The van der Waals surface area contributed by atoms with Gasteiger partial charge in [0.25, 0.3) is 0 Å². The molecule has 1 saturated heterocycles. The molecule has 1 heterocycles. The predicted octanol–water partition coefficient (Wildman–Crippen LogP) is 2.28. The van der Waals surface area contributed by atoms with E-state index in [2.05, 4.69) is 11.2 Å². The van der Waals surface area contributed by atoms with Crippen LogP contribution in [0.4, 0.5) is 5.69 Å². The average Bonchev–Trinajstić information content (AvgIpc) is 2.91. The number of likely N-dealkylation sites (tertiary alicyclic amines) is 1. The standard InChI is InChI=1S/C18H22N2O3/c1-4-11-23-15-8-5-7-14(12-15)19-18(22)17(13(2)3)20-10-6-9-16(20)21/h1,5,7-8,12-13,17H,6,9-11H2,2-3H3,(H,19,22). The quantitative estimate of drug-likeness (QED) is 0.820. The number of hydrogen-bond donors (Lipinski definition) is 1. The second-order valence-electron chi connectivity index (χ2n) is 5.89. The fourth-order valence-corrected chi connectivity index (χ4v) is 2.77. The summed E-state index contributed by atoms with van der Waals surface area (Å²) in [5.41, 5.74) is 0.627. The van der Waals surface area contributed by atoms with E-state index in [1.165, 1.54) is 0 Å². The molecule has 5 nitrogen and oxygen atoms in total. The van der Waals surface area contributed by atoms with Crippen LogP contribution in [0.15, 0.2) is 24.3 Å². The first kappa shape index (κ1) is 16.9. The molecule has 0 saturated carbocycles. The molecule has 1 aliphatic heterocycles. The van der Waals surface area contributed by atoms with Crippen molar-refractivity contribution >= 4 is 17.5 Å². The number of amides is 2. The van der Waals surface area contributed by atoms with Crippen molar-refractivity contribution < 1.29 is 14.3 Å². The van der Waals surface area contributed by atoms with Gasteiger partial charge in [-0.1, -0.05) is 25.8 Å². The maximum absolute atomic E-state index is 12.6. The van der Waals surface area contributed by atoms with Crippen molar-refractivity contribution in [1.82, 2.24) is 4.90 Å². The second-order valence-corrected chi connectivity index (χ2v) is 5.89.